The van der Waals surface area contributed by atoms with Crippen LogP contribution in [0.1, 0.15) is 26.7 Å². The second kappa shape index (κ2) is 4.26. The highest BCUT2D eigenvalue weighted by molar-refractivity contribution is 4.88. The molecule has 0 N–H and O–H groups in total. The van der Waals surface area contributed by atoms with Gasteiger partial charge >= 0.3 is 6.36 Å². The molecule has 0 unspecified atom stereocenters. The van der Waals surface area contributed by atoms with Crippen molar-refractivity contribution in [2.75, 3.05) is 0 Å². The molecule has 0 bridgehead atoms. The summed E-state index contributed by atoms with van der Waals surface area (Å²) in [6, 6.07) is 0. The summed E-state index contributed by atoms with van der Waals surface area (Å²) in [6.45, 7) is 3.18. The van der Waals surface area contributed by atoms with E-state index < -0.39 is 6.36 Å². The van der Waals surface area contributed by atoms with Crippen LogP contribution in [0.25, 0.3) is 0 Å². The van der Waals surface area contributed by atoms with Gasteiger partial charge in [0.05, 0.1) is 5.76 Å². The SMILES string of the molecule is CCC/C=C(\C)OC(F)(F)F. The number of unbranched alkanes of at least 4 members (excludes halogenated alkanes) is 1. The van der Waals surface area contributed by atoms with Gasteiger partial charge in [-0.1, -0.05) is 13.3 Å². The second-order valence-electron chi connectivity index (χ2n) is 2.15. The van der Waals surface area contributed by atoms with Crippen molar-refractivity contribution < 1.29 is 17.9 Å². The molecule has 0 saturated heterocycles. The fourth-order valence-electron chi connectivity index (χ4n) is 0.572. The average Bonchev–Trinajstić information content (AvgIpc) is 1.79. The van der Waals surface area contributed by atoms with E-state index in [0.29, 0.717) is 6.42 Å². The molecular formula is C7H11F3O. The van der Waals surface area contributed by atoms with Crippen LogP contribution in [0.15, 0.2) is 11.8 Å². The van der Waals surface area contributed by atoms with E-state index in [-0.39, 0.29) is 5.76 Å². The zero-order chi connectivity index (χ0) is 8.91. The van der Waals surface area contributed by atoms with Gasteiger partial charge in [0, 0.05) is 0 Å². The minimum atomic E-state index is -4.55. The highest BCUT2D eigenvalue weighted by Gasteiger charge is 2.30. The van der Waals surface area contributed by atoms with Gasteiger partial charge in [0.2, 0.25) is 0 Å². The Morgan fingerprint density at radius 2 is 2.00 bits per heavy atom. The molecule has 0 aliphatic heterocycles. The molecule has 0 spiro atoms. The van der Waals surface area contributed by atoms with E-state index in [1.165, 1.54) is 13.0 Å². The van der Waals surface area contributed by atoms with E-state index in [1.807, 2.05) is 6.92 Å². The zero-order valence-electron chi connectivity index (χ0n) is 6.53. The van der Waals surface area contributed by atoms with Crippen molar-refractivity contribution in [1.29, 1.82) is 0 Å². The first-order chi connectivity index (χ1) is 4.95. The van der Waals surface area contributed by atoms with E-state index in [0.717, 1.165) is 6.42 Å². The van der Waals surface area contributed by atoms with Crippen LogP contribution in [0.5, 0.6) is 0 Å². The topological polar surface area (TPSA) is 9.23 Å². The monoisotopic (exact) mass is 168 g/mol. The summed E-state index contributed by atoms with van der Waals surface area (Å²) in [5, 5.41) is 0. The second-order valence-corrected chi connectivity index (χ2v) is 2.15. The third-order valence-electron chi connectivity index (χ3n) is 0.997. The quantitative estimate of drug-likeness (QED) is 0.588. The Balaban J connectivity index is 3.76. The smallest absolute Gasteiger partial charge is 0.411 e. The Labute approximate surface area is 63.8 Å². The summed E-state index contributed by atoms with van der Waals surface area (Å²) in [7, 11) is 0. The molecule has 1 nitrogen and oxygen atoms in total. The molecule has 0 aromatic carbocycles. The Morgan fingerprint density at radius 1 is 1.45 bits per heavy atom. The molecule has 0 radical (unpaired) electrons. The molecule has 0 saturated carbocycles. The molecule has 0 aliphatic rings. The number of hydrogen-bond donors (Lipinski definition) is 0. The van der Waals surface area contributed by atoms with Crippen molar-refractivity contribution in [2.45, 2.75) is 33.1 Å². The van der Waals surface area contributed by atoms with Crippen molar-refractivity contribution in [1.82, 2.24) is 0 Å². The number of hydrogen-bond acceptors (Lipinski definition) is 1. The highest BCUT2D eigenvalue weighted by atomic mass is 19.4. The van der Waals surface area contributed by atoms with Crippen LogP contribution in [0, 0.1) is 0 Å². The van der Waals surface area contributed by atoms with Crippen LogP contribution >= 0.6 is 0 Å². The van der Waals surface area contributed by atoms with Gasteiger partial charge in [-0.05, 0) is 19.4 Å². The Morgan fingerprint density at radius 3 is 2.36 bits per heavy atom. The predicted molar refractivity (Wildman–Crippen MR) is 35.8 cm³/mol. The number of alkyl halides is 3. The highest BCUT2D eigenvalue weighted by Crippen LogP contribution is 2.20. The lowest BCUT2D eigenvalue weighted by atomic mass is 10.3. The Bertz CT molecular complexity index is 137. The molecule has 0 aromatic heterocycles. The van der Waals surface area contributed by atoms with Crippen molar-refractivity contribution in [3.8, 4) is 0 Å². The Kier molecular flexibility index (Phi) is 4.00. The lowest BCUT2D eigenvalue weighted by Gasteiger charge is -2.08. The molecule has 4 heteroatoms. The first kappa shape index (κ1) is 10.3. The summed E-state index contributed by atoms with van der Waals surface area (Å²) < 4.78 is 38.0. The predicted octanol–water partition coefficient (Wildman–Crippen LogP) is 3.23. The number of allylic oxidation sites excluding steroid dienone is 2. The van der Waals surface area contributed by atoms with Crippen molar-refractivity contribution in [2.24, 2.45) is 0 Å². The molecule has 0 heterocycles. The first-order valence-electron chi connectivity index (χ1n) is 3.38. The molecule has 0 aromatic rings. The lowest BCUT2D eigenvalue weighted by Crippen LogP contribution is -2.11. The van der Waals surface area contributed by atoms with Crippen molar-refractivity contribution in [3.63, 3.8) is 0 Å². The van der Waals surface area contributed by atoms with Crippen molar-refractivity contribution >= 4 is 0 Å². The van der Waals surface area contributed by atoms with Gasteiger partial charge in [0.15, 0.2) is 0 Å². The van der Waals surface area contributed by atoms with Crippen LogP contribution < -0.4 is 0 Å². The van der Waals surface area contributed by atoms with Crippen LogP contribution in [0.2, 0.25) is 0 Å². The van der Waals surface area contributed by atoms with Gasteiger partial charge in [-0.25, -0.2) is 0 Å². The van der Waals surface area contributed by atoms with Gasteiger partial charge in [-0.2, -0.15) is 0 Å². The summed E-state index contributed by atoms with van der Waals surface area (Å²) >= 11 is 0. The van der Waals surface area contributed by atoms with E-state index in [4.69, 9.17) is 0 Å². The number of halogens is 3. The molecule has 0 rings (SSSR count). The summed E-state index contributed by atoms with van der Waals surface area (Å²) in [4.78, 5) is 0. The number of ether oxygens (including phenoxy) is 1. The molecule has 0 atom stereocenters. The summed E-state index contributed by atoms with van der Waals surface area (Å²) in [5.41, 5.74) is 0. The van der Waals surface area contributed by atoms with Gasteiger partial charge in [-0.3, -0.25) is 0 Å². The fourth-order valence-corrected chi connectivity index (χ4v) is 0.572. The molecule has 0 amide bonds. The van der Waals surface area contributed by atoms with Crippen LogP contribution in [0.4, 0.5) is 13.2 Å². The summed E-state index contributed by atoms with van der Waals surface area (Å²) in [5.74, 6) is -0.0839. The molecular weight excluding hydrogens is 157 g/mol. The van der Waals surface area contributed by atoms with Crippen LogP contribution in [-0.4, -0.2) is 6.36 Å². The van der Waals surface area contributed by atoms with Gasteiger partial charge in [0.25, 0.3) is 0 Å². The zero-order valence-corrected chi connectivity index (χ0v) is 6.53. The standard InChI is InChI=1S/C7H11F3O/c1-3-4-5-6(2)11-7(8,9)10/h5H,3-4H2,1-2H3/b6-5+. The van der Waals surface area contributed by atoms with E-state index in [9.17, 15) is 13.2 Å². The third-order valence-corrected chi connectivity index (χ3v) is 0.997. The maximum absolute atomic E-state index is 11.5. The van der Waals surface area contributed by atoms with E-state index in [1.54, 1.807) is 0 Å². The van der Waals surface area contributed by atoms with Gasteiger partial charge < -0.3 is 4.74 Å². The average molecular weight is 168 g/mol. The number of rotatable bonds is 3. The largest absolute Gasteiger partial charge is 0.572 e. The first-order valence-corrected chi connectivity index (χ1v) is 3.38. The van der Waals surface area contributed by atoms with Crippen molar-refractivity contribution in [3.05, 3.63) is 11.8 Å². The molecule has 0 aliphatic carbocycles. The maximum atomic E-state index is 11.5. The minimum absolute atomic E-state index is 0.0839. The molecule has 66 valence electrons. The van der Waals surface area contributed by atoms with Crippen LogP contribution in [-0.2, 0) is 4.74 Å². The van der Waals surface area contributed by atoms with Gasteiger partial charge in [0.1, 0.15) is 0 Å². The Hall–Kier alpha value is -0.670. The summed E-state index contributed by atoms with van der Waals surface area (Å²) in [6.07, 6.45) is -1.69. The van der Waals surface area contributed by atoms with Crippen LogP contribution in [0.3, 0.4) is 0 Å². The van der Waals surface area contributed by atoms with E-state index in [2.05, 4.69) is 4.74 Å². The maximum Gasteiger partial charge on any atom is 0.572 e. The minimum Gasteiger partial charge on any atom is -0.411 e. The lowest BCUT2D eigenvalue weighted by molar-refractivity contribution is -0.305. The molecule has 11 heavy (non-hydrogen) atoms. The van der Waals surface area contributed by atoms with Gasteiger partial charge in [-0.15, -0.1) is 13.2 Å². The normalized spacial score (nSPS) is 13.4. The third kappa shape index (κ3) is 7.22. The molecule has 0 fully saturated rings. The fraction of sp³-hybridized carbons (Fsp3) is 0.714. The van der Waals surface area contributed by atoms with E-state index >= 15 is 0 Å².